The Morgan fingerprint density at radius 3 is 1.02 bits per heavy atom. The van der Waals surface area contributed by atoms with Gasteiger partial charge in [-0.2, -0.15) is 0 Å². The predicted octanol–water partition coefficient (Wildman–Crippen LogP) is 17.4. The van der Waals surface area contributed by atoms with Crippen LogP contribution in [0, 0.1) is 0 Å². The van der Waals surface area contributed by atoms with E-state index in [9.17, 15) is 14.4 Å². The van der Waals surface area contributed by atoms with E-state index in [-0.39, 0.29) is 31.1 Å². The lowest BCUT2D eigenvalue weighted by molar-refractivity contribution is -0.167. The highest BCUT2D eigenvalue weighted by Crippen LogP contribution is 2.14. The molecule has 0 bridgehead atoms. The summed E-state index contributed by atoms with van der Waals surface area (Å²) in [5, 5.41) is 0. The zero-order chi connectivity index (χ0) is 45.8. The van der Waals surface area contributed by atoms with Crippen molar-refractivity contribution in [1.29, 1.82) is 0 Å². The molecule has 1 atom stereocenters. The molecule has 0 aliphatic rings. The number of carbonyl (C=O) groups excluding carboxylic acids is 3. The van der Waals surface area contributed by atoms with E-state index < -0.39 is 6.10 Å². The molecule has 0 saturated carbocycles. The molecule has 1 unspecified atom stereocenters. The van der Waals surface area contributed by atoms with E-state index in [0.717, 1.165) is 109 Å². The van der Waals surface area contributed by atoms with Crippen molar-refractivity contribution in [2.45, 2.75) is 258 Å². The summed E-state index contributed by atoms with van der Waals surface area (Å²) in [6, 6.07) is 0. The van der Waals surface area contributed by atoms with Gasteiger partial charge in [0.25, 0.3) is 0 Å². The van der Waals surface area contributed by atoms with E-state index in [2.05, 4.69) is 93.7 Å². The Bertz CT molecular complexity index is 1190. The van der Waals surface area contributed by atoms with E-state index >= 15 is 0 Å². The molecule has 0 fully saturated rings. The molecule has 0 aliphatic heterocycles. The molecule has 0 heterocycles. The quantitative estimate of drug-likeness (QED) is 0.0262. The number of hydrogen-bond donors (Lipinski definition) is 0. The highest BCUT2D eigenvalue weighted by Gasteiger charge is 2.19. The van der Waals surface area contributed by atoms with Crippen LogP contribution in [0.25, 0.3) is 0 Å². The van der Waals surface area contributed by atoms with Gasteiger partial charge in [-0.1, -0.05) is 196 Å². The van der Waals surface area contributed by atoms with Crippen molar-refractivity contribution >= 4 is 17.9 Å². The Morgan fingerprint density at radius 2 is 0.619 bits per heavy atom. The van der Waals surface area contributed by atoms with Gasteiger partial charge in [0.1, 0.15) is 13.2 Å². The van der Waals surface area contributed by atoms with Crippen LogP contribution >= 0.6 is 0 Å². The number of allylic oxidation sites excluding steroid dienone is 12. The van der Waals surface area contributed by atoms with E-state index in [1.165, 1.54) is 103 Å². The molecule has 0 spiro atoms. The zero-order valence-electron chi connectivity index (χ0n) is 41.3. The van der Waals surface area contributed by atoms with Crippen molar-refractivity contribution in [1.82, 2.24) is 0 Å². The summed E-state index contributed by atoms with van der Waals surface area (Å²) in [5.41, 5.74) is 0. The summed E-state index contributed by atoms with van der Waals surface area (Å²) < 4.78 is 16.8. The van der Waals surface area contributed by atoms with Crippen LogP contribution < -0.4 is 0 Å². The average Bonchev–Trinajstić information content (AvgIpc) is 3.28. The van der Waals surface area contributed by atoms with Crippen molar-refractivity contribution in [3.8, 4) is 0 Å². The molecule has 0 aromatic carbocycles. The number of rotatable bonds is 47. The standard InChI is InChI=1S/C57H98O6/c1-4-7-10-13-16-19-22-25-27-28-29-30-33-35-38-41-44-47-50-56(59)62-53-54(52-61-55(58)49-46-43-40-37-34-31-24-21-18-15-12-9-6-3)63-57(60)51-48-45-42-39-36-32-26-23-20-17-14-11-8-5-2/h9,12,18-19,21-23,26-28,31,34,54H,4-8,10-11,13-17,20,24-25,29-30,32-33,35-53H2,1-3H3/b12-9-,21-18-,22-19-,26-23-,28-27-,34-31-. The van der Waals surface area contributed by atoms with Crippen LogP contribution in [-0.2, 0) is 28.6 Å². The first kappa shape index (κ1) is 59.9. The van der Waals surface area contributed by atoms with Gasteiger partial charge in [-0.25, -0.2) is 0 Å². The lowest BCUT2D eigenvalue weighted by Gasteiger charge is -2.18. The fraction of sp³-hybridized carbons (Fsp3) is 0.737. The topological polar surface area (TPSA) is 78.9 Å². The van der Waals surface area contributed by atoms with Gasteiger partial charge in [0.05, 0.1) is 0 Å². The van der Waals surface area contributed by atoms with Crippen LogP contribution in [-0.4, -0.2) is 37.2 Å². The van der Waals surface area contributed by atoms with E-state index in [4.69, 9.17) is 14.2 Å². The van der Waals surface area contributed by atoms with Crippen LogP contribution in [0.2, 0.25) is 0 Å². The fourth-order valence-electron chi connectivity index (χ4n) is 7.19. The van der Waals surface area contributed by atoms with Crippen molar-refractivity contribution in [2.75, 3.05) is 13.2 Å². The van der Waals surface area contributed by atoms with Crippen molar-refractivity contribution in [3.63, 3.8) is 0 Å². The summed E-state index contributed by atoms with van der Waals surface area (Å²) >= 11 is 0. The summed E-state index contributed by atoms with van der Waals surface area (Å²) in [4.78, 5) is 38.0. The van der Waals surface area contributed by atoms with E-state index in [0.29, 0.717) is 19.3 Å². The smallest absolute Gasteiger partial charge is 0.306 e. The molecule has 63 heavy (non-hydrogen) atoms. The molecular formula is C57H98O6. The molecule has 0 rings (SSSR count). The maximum absolute atomic E-state index is 12.8. The van der Waals surface area contributed by atoms with Crippen LogP contribution in [0.5, 0.6) is 0 Å². The number of esters is 3. The highest BCUT2D eigenvalue weighted by atomic mass is 16.6. The van der Waals surface area contributed by atoms with Crippen LogP contribution in [0.4, 0.5) is 0 Å². The Kier molecular flexibility index (Phi) is 48.9. The second-order valence-corrected chi connectivity index (χ2v) is 17.4. The SMILES string of the molecule is CC/C=C\C/C=C\C/C=C\CCCCCC(=O)OCC(COC(=O)CCCCCCCCC/C=C\C/C=C\CCCCCC)OC(=O)CCCCCCC/C=C\CCCCCCC. The van der Waals surface area contributed by atoms with Gasteiger partial charge in [0, 0.05) is 19.3 Å². The minimum atomic E-state index is -0.794. The predicted molar refractivity (Wildman–Crippen MR) is 270 cm³/mol. The van der Waals surface area contributed by atoms with Gasteiger partial charge in [-0.3, -0.25) is 14.4 Å². The first-order valence-electron chi connectivity index (χ1n) is 26.4. The molecular weight excluding hydrogens is 781 g/mol. The van der Waals surface area contributed by atoms with Crippen LogP contribution in [0.1, 0.15) is 252 Å². The number of carbonyl (C=O) groups is 3. The normalized spacial score (nSPS) is 12.6. The lowest BCUT2D eigenvalue weighted by atomic mass is 10.1. The molecule has 0 saturated heterocycles. The average molecular weight is 879 g/mol. The zero-order valence-corrected chi connectivity index (χ0v) is 41.3. The molecule has 6 heteroatoms. The minimum absolute atomic E-state index is 0.0924. The number of ether oxygens (including phenoxy) is 3. The maximum atomic E-state index is 12.8. The van der Waals surface area contributed by atoms with Crippen LogP contribution in [0.3, 0.4) is 0 Å². The molecule has 0 N–H and O–H groups in total. The molecule has 0 aliphatic carbocycles. The van der Waals surface area contributed by atoms with Crippen molar-refractivity contribution < 1.29 is 28.6 Å². The first-order chi connectivity index (χ1) is 31.0. The largest absolute Gasteiger partial charge is 0.462 e. The Morgan fingerprint density at radius 1 is 0.333 bits per heavy atom. The van der Waals surface area contributed by atoms with E-state index in [1.807, 2.05) is 0 Å². The monoisotopic (exact) mass is 879 g/mol. The first-order valence-corrected chi connectivity index (χ1v) is 26.4. The molecule has 0 radical (unpaired) electrons. The third-order valence-corrected chi connectivity index (χ3v) is 11.2. The van der Waals surface area contributed by atoms with E-state index in [1.54, 1.807) is 0 Å². The Balaban J connectivity index is 4.42. The highest BCUT2D eigenvalue weighted by molar-refractivity contribution is 5.71. The third-order valence-electron chi connectivity index (χ3n) is 11.2. The summed E-state index contributed by atoms with van der Waals surface area (Å²) in [6.07, 6.45) is 64.5. The van der Waals surface area contributed by atoms with Gasteiger partial charge in [0.2, 0.25) is 0 Å². The minimum Gasteiger partial charge on any atom is -0.462 e. The van der Waals surface area contributed by atoms with Crippen LogP contribution in [0.15, 0.2) is 72.9 Å². The van der Waals surface area contributed by atoms with Gasteiger partial charge >= 0.3 is 17.9 Å². The summed E-state index contributed by atoms with van der Waals surface area (Å²) in [7, 11) is 0. The maximum Gasteiger partial charge on any atom is 0.306 e. The Hall–Kier alpha value is -3.15. The summed E-state index contributed by atoms with van der Waals surface area (Å²) in [6.45, 7) is 6.46. The molecule has 362 valence electrons. The lowest BCUT2D eigenvalue weighted by Crippen LogP contribution is -2.30. The fourth-order valence-corrected chi connectivity index (χ4v) is 7.19. The Labute approximate surface area is 389 Å². The molecule has 6 nitrogen and oxygen atoms in total. The molecule has 0 aromatic heterocycles. The second kappa shape index (κ2) is 51.5. The number of hydrogen-bond acceptors (Lipinski definition) is 6. The summed E-state index contributed by atoms with van der Waals surface area (Å²) in [5.74, 6) is -0.936. The molecule has 0 amide bonds. The van der Waals surface area contributed by atoms with Gasteiger partial charge < -0.3 is 14.2 Å². The third kappa shape index (κ3) is 49.7. The second-order valence-electron chi connectivity index (χ2n) is 17.4. The van der Waals surface area contributed by atoms with Crippen molar-refractivity contribution in [3.05, 3.63) is 72.9 Å². The van der Waals surface area contributed by atoms with Crippen molar-refractivity contribution in [2.24, 2.45) is 0 Å². The van der Waals surface area contributed by atoms with Gasteiger partial charge in [-0.15, -0.1) is 0 Å². The van der Waals surface area contributed by atoms with Gasteiger partial charge in [-0.05, 0) is 109 Å². The number of unbranched alkanes of at least 4 members (excludes halogenated alkanes) is 24. The molecule has 0 aromatic rings. The van der Waals surface area contributed by atoms with Gasteiger partial charge in [0.15, 0.2) is 6.10 Å².